The molecule has 0 aliphatic rings. The Hall–Kier alpha value is -2.06. The summed E-state index contributed by atoms with van der Waals surface area (Å²) in [6, 6.07) is 2.18. The summed E-state index contributed by atoms with van der Waals surface area (Å²) in [4.78, 5) is 14.8. The number of hydrogen-bond acceptors (Lipinski definition) is 5. The Morgan fingerprint density at radius 1 is 1.47 bits per heavy atom. The normalized spacial score (nSPS) is 11.2. The van der Waals surface area contributed by atoms with Crippen LogP contribution in [0, 0.1) is 10.1 Å². The van der Waals surface area contributed by atoms with Crippen LogP contribution >= 0.6 is 0 Å². The zero-order valence-corrected chi connectivity index (χ0v) is 10.4. The van der Waals surface area contributed by atoms with E-state index in [-0.39, 0.29) is 17.3 Å². The van der Waals surface area contributed by atoms with Crippen LogP contribution < -0.4 is 10.2 Å². The molecule has 0 aliphatic carbocycles. The molecule has 0 saturated heterocycles. The standard InChI is InChI=1S/C10H13F3N4O2/c1-3-14-8-4-7(17(18)19)5-9(15-8)16(2)6-10(11,12)13/h4-5H,3,6H2,1-2H3,(H,14,15). The van der Waals surface area contributed by atoms with Gasteiger partial charge in [-0.15, -0.1) is 0 Å². The van der Waals surface area contributed by atoms with Gasteiger partial charge in [-0.05, 0) is 6.92 Å². The van der Waals surface area contributed by atoms with Crippen molar-refractivity contribution in [2.75, 3.05) is 30.4 Å². The number of aromatic nitrogens is 1. The first-order chi connectivity index (χ1) is 8.73. The lowest BCUT2D eigenvalue weighted by atomic mass is 10.3. The number of alkyl halides is 3. The Morgan fingerprint density at radius 2 is 2.11 bits per heavy atom. The van der Waals surface area contributed by atoms with Crippen molar-refractivity contribution < 1.29 is 18.1 Å². The molecule has 0 saturated carbocycles. The predicted molar refractivity (Wildman–Crippen MR) is 64.4 cm³/mol. The molecule has 0 unspecified atom stereocenters. The molecule has 0 atom stereocenters. The first-order valence-corrected chi connectivity index (χ1v) is 5.41. The quantitative estimate of drug-likeness (QED) is 0.661. The Morgan fingerprint density at radius 3 is 2.58 bits per heavy atom. The molecule has 0 aliphatic heterocycles. The van der Waals surface area contributed by atoms with Gasteiger partial charge >= 0.3 is 6.18 Å². The maximum Gasteiger partial charge on any atom is 0.405 e. The lowest BCUT2D eigenvalue weighted by Crippen LogP contribution is -2.31. The topological polar surface area (TPSA) is 71.3 Å². The van der Waals surface area contributed by atoms with Gasteiger partial charge in [-0.3, -0.25) is 10.1 Å². The largest absolute Gasteiger partial charge is 0.405 e. The van der Waals surface area contributed by atoms with Crippen LogP contribution in [0.1, 0.15) is 6.92 Å². The molecule has 19 heavy (non-hydrogen) atoms. The molecule has 0 spiro atoms. The van der Waals surface area contributed by atoms with Crippen LogP contribution in [0.25, 0.3) is 0 Å². The van der Waals surface area contributed by atoms with Crippen molar-refractivity contribution in [2.24, 2.45) is 0 Å². The predicted octanol–water partition coefficient (Wildman–Crippen LogP) is 2.42. The second-order valence-corrected chi connectivity index (χ2v) is 3.83. The summed E-state index contributed by atoms with van der Waals surface area (Å²) < 4.78 is 36.8. The van der Waals surface area contributed by atoms with E-state index < -0.39 is 17.6 Å². The minimum absolute atomic E-state index is 0.109. The lowest BCUT2D eigenvalue weighted by molar-refractivity contribution is -0.384. The molecule has 0 amide bonds. The third kappa shape index (κ3) is 4.60. The van der Waals surface area contributed by atoms with E-state index in [4.69, 9.17) is 0 Å². The van der Waals surface area contributed by atoms with Crippen LogP contribution in [0.2, 0.25) is 0 Å². The molecule has 1 aromatic heterocycles. The molecule has 1 heterocycles. The van der Waals surface area contributed by atoms with Gasteiger partial charge < -0.3 is 10.2 Å². The van der Waals surface area contributed by atoms with Crippen molar-refractivity contribution in [3.05, 3.63) is 22.2 Å². The fourth-order valence-corrected chi connectivity index (χ4v) is 1.42. The fraction of sp³-hybridized carbons (Fsp3) is 0.500. The van der Waals surface area contributed by atoms with E-state index in [9.17, 15) is 23.3 Å². The summed E-state index contributed by atoms with van der Waals surface area (Å²) in [5.41, 5.74) is -0.310. The number of anilines is 2. The Bertz CT molecular complexity index is 465. The summed E-state index contributed by atoms with van der Waals surface area (Å²) >= 11 is 0. The first kappa shape index (κ1) is 15.0. The zero-order chi connectivity index (χ0) is 14.6. The maximum atomic E-state index is 12.3. The Kier molecular flexibility index (Phi) is 4.52. The molecule has 0 aromatic carbocycles. The molecule has 1 rings (SSSR count). The second kappa shape index (κ2) is 5.72. The monoisotopic (exact) mass is 278 g/mol. The Balaban J connectivity index is 3.08. The number of pyridine rings is 1. The molecule has 9 heteroatoms. The summed E-state index contributed by atoms with van der Waals surface area (Å²) in [5.74, 6) is 0.0585. The van der Waals surface area contributed by atoms with Crippen LogP contribution in [0.15, 0.2) is 12.1 Å². The molecule has 106 valence electrons. The fourth-order valence-electron chi connectivity index (χ4n) is 1.42. The van der Waals surface area contributed by atoms with Crippen molar-refractivity contribution in [3.8, 4) is 0 Å². The smallest absolute Gasteiger partial charge is 0.370 e. The number of nitrogens with zero attached hydrogens (tertiary/aromatic N) is 3. The molecule has 6 nitrogen and oxygen atoms in total. The average Bonchev–Trinajstić information content (AvgIpc) is 2.26. The Labute approximate surface area is 107 Å². The number of nitro groups is 1. The molecule has 1 aromatic rings. The lowest BCUT2D eigenvalue weighted by Gasteiger charge is -2.20. The van der Waals surface area contributed by atoms with E-state index in [1.165, 1.54) is 13.1 Å². The van der Waals surface area contributed by atoms with Crippen LogP contribution in [0.5, 0.6) is 0 Å². The highest BCUT2D eigenvalue weighted by molar-refractivity contribution is 5.55. The summed E-state index contributed by atoms with van der Waals surface area (Å²) in [6.07, 6.45) is -4.40. The van der Waals surface area contributed by atoms with Crippen LogP contribution in [0.4, 0.5) is 30.5 Å². The van der Waals surface area contributed by atoms with Crippen LogP contribution in [-0.4, -0.2) is 36.2 Å². The molecular formula is C10H13F3N4O2. The van der Waals surface area contributed by atoms with E-state index in [1.807, 2.05) is 0 Å². The zero-order valence-electron chi connectivity index (χ0n) is 10.4. The van der Waals surface area contributed by atoms with Crippen molar-refractivity contribution in [3.63, 3.8) is 0 Å². The van der Waals surface area contributed by atoms with Crippen molar-refractivity contribution in [1.82, 2.24) is 4.98 Å². The number of nitrogens with one attached hydrogen (secondary N) is 1. The van der Waals surface area contributed by atoms with Crippen molar-refractivity contribution >= 4 is 17.3 Å². The molecule has 0 bridgehead atoms. The minimum Gasteiger partial charge on any atom is -0.370 e. The van der Waals surface area contributed by atoms with E-state index in [0.29, 0.717) is 6.54 Å². The van der Waals surface area contributed by atoms with Gasteiger partial charge in [0.25, 0.3) is 5.69 Å². The van der Waals surface area contributed by atoms with Gasteiger partial charge in [0.05, 0.1) is 17.1 Å². The summed E-state index contributed by atoms with van der Waals surface area (Å²) in [6.45, 7) is 0.975. The number of halogens is 3. The molecule has 0 radical (unpaired) electrons. The molecule has 1 N–H and O–H groups in total. The van der Waals surface area contributed by atoms with Crippen molar-refractivity contribution in [2.45, 2.75) is 13.1 Å². The SMILES string of the molecule is CCNc1cc([N+](=O)[O-])cc(N(C)CC(F)(F)F)n1. The maximum absolute atomic E-state index is 12.3. The highest BCUT2D eigenvalue weighted by Crippen LogP contribution is 2.25. The van der Waals surface area contributed by atoms with Crippen LogP contribution in [-0.2, 0) is 0 Å². The van der Waals surface area contributed by atoms with E-state index in [0.717, 1.165) is 11.0 Å². The van der Waals surface area contributed by atoms with Gasteiger partial charge in [-0.1, -0.05) is 0 Å². The minimum atomic E-state index is -4.40. The number of rotatable bonds is 5. The van der Waals surface area contributed by atoms with Gasteiger partial charge in [0.2, 0.25) is 0 Å². The van der Waals surface area contributed by atoms with Gasteiger partial charge in [-0.2, -0.15) is 13.2 Å². The highest BCUT2D eigenvalue weighted by Gasteiger charge is 2.30. The number of hydrogen-bond donors (Lipinski definition) is 1. The van der Waals surface area contributed by atoms with Crippen LogP contribution in [0.3, 0.4) is 0 Å². The van der Waals surface area contributed by atoms with E-state index in [1.54, 1.807) is 6.92 Å². The third-order valence-corrected chi connectivity index (χ3v) is 2.17. The third-order valence-electron chi connectivity index (χ3n) is 2.17. The van der Waals surface area contributed by atoms with E-state index in [2.05, 4.69) is 10.3 Å². The van der Waals surface area contributed by atoms with Gasteiger partial charge in [0.1, 0.15) is 18.2 Å². The van der Waals surface area contributed by atoms with E-state index >= 15 is 0 Å². The first-order valence-electron chi connectivity index (χ1n) is 5.41. The van der Waals surface area contributed by atoms with Gasteiger partial charge in [0.15, 0.2) is 0 Å². The summed E-state index contributed by atoms with van der Waals surface area (Å²) in [7, 11) is 1.18. The average molecular weight is 278 g/mol. The van der Waals surface area contributed by atoms with Gasteiger partial charge in [0, 0.05) is 13.6 Å². The summed E-state index contributed by atoms with van der Waals surface area (Å²) in [5, 5.41) is 13.5. The van der Waals surface area contributed by atoms with Gasteiger partial charge in [-0.25, -0.2) is 4.98 Å². The molecular weight excluding hydrogens is 265 g/mol. The second-order valence-electron chi connectivity index (χ2n) is 3.83. The highest BCUT2D eigenvalue weighted by atomic mass is 19.4. The molecule has 0 fully saturated rings. The van der Waals surface area contributed by atoms with Crippen molar-refractivity contribution in [1.29, 1.82) is 0 Å².